The van der Waals surface area contributed by atoms with E-state index in [0.29, 0.717) is 18.7 Å². The normalized spacial score (nSPS) is 15.1. The van der Waals surface area contributed by atoms with Gasteiger partial charge in [0, 0.05) is 26.2 Å². The van der Waals surface area contributed by atoms with Gasteiger partial charge in [-0.2, -0.15) is 0 Å². The lowest BCUT2D eigenvalue weighted by molar-refractivity contribution is -0.122. The Morgan fingerprint density at radius 1 is 1.35 bits per heavy atom. The van der Waals surface area contributed by atoms with E-state index in [0.717, 1.165) is 11.4 Å². The molecule has 0 fully saturated rings. The number of carbonyl (C=O) groups is 3. The first kappa shape index (κ1) is 16.1. The van der Waals surface area contributed by atoms with Crippen LogP contribution in [-0.2, 0) is 24.3 Å². The highest BCUT2D eigenvalue weighted by Gasteiger charge is 2.30. The number of fused-ring (bicyclic) bond motifs is 2. The number of hydrogen-bond acceptors (Lipinski definition) is 5. The zero-order valence-electron chi connectivity index (χ0n) is 14.1. The quantitative estimate of drug-likeness (QED) is 0.692. The van der Waals surface area contributed by atoms with Crippen LogP contribution in [0.5, 0.6) is 0 Å². The first-order valence-corrected chi connectivity index (χ1v) is 8.19. The molecule has 0 spiro atoms. The Hall–Kier alpha value is -3.43. The molecule has 2 aromatic heterocycles. The van der Waals surface area contributed by atoms with Gasteiger partial charge in [0.05, 0.1) is 23.6 Å². The minimum atomic E-state index is -0.419. The number of pyridine rings is 1. The number of imidazole rings is 1. The molecule has 0 saturated carbocycles. The maximum atomic E-state index is 12.7. The Labute approximate surface area is 148 Å². The molecule has 10 nitrogen and oxygen atoms in total. The van der Waals surface area contributed by atoms with E-state index >= 15 is 0 Å². The predicted octanol–water partition coefficient (Wildman–Crippen LogP) is -0.138. The van der Waals surface area contributed by atoms with Crippen molar-refractivity contribution in [2.24, 2.45) is 0 Å². The number of aromatic nitrogens is 3. The number of hydrogen-bond donors (Lipinski definition) is 3. The molecule has 2 aliphatic heterocycles. The molecule has 4 amide bonds. The molecule has 26 heavy (non-hydrogen) atoms. The molecule has 0 bridgehead atoms. The van der Waals surface area contributed by atoms with E-state index in [1.165, 1.54) is 11.6 Å². The van der Waals surface area contributed by atoms with E-state index in [1.54, 1.807) is 17.2 Å². The number of anilines is 2. The zero-order valence-corrected chi connectivity index (χ0v) is 14.1. The van der Waals surface area contributed by atoms with E-state index < -0.39 is 5.91 Å². The second-order valence-corrected chi connectivity index (χ2v) is 5.97. The second-order valence-electron chi connectivity index (χ2n) is 5.97. The molecule has 0 saturated heterocycles. The van der Waals surface area contributed by atoms with Crippen LogP contribution in [-0.4, -0.2) is 46.0 Å². The van der Waals surface area contributed by atoms with Gasteiger partial charge in [-0.3, -0.25) is 24.8 Å². The highest BCUT2D eigenvalue weighted by Crippen LogP contribution is 2.27. The second kappa shape index (κ2) is 6.14. The van der Waals surface area contributed by atoms with Crippen molar-refractivity contribution >= 4 is 29.4 Å². The summed E-state index contributed by atoms with van der Waals surface area (Å²) in [5, 5.41) is 7.96. The summed E-state index contributed by atoms with van der Waals surface area (Å²) in [5.74, 6) is -0.267. The molecular formula is C16H17N7O3. The maximum Gasteiger partial charge on any atom is 0.327 e. The minimum Gasteiger partial charge on any atom is -0.352 e. The Kier molecular flexibility index (Phi) is 3.79. The first-order chi connectivity index (χ1) is 12.6. The Morgan fingerprint density at radius 3 is 3.00 bits per heavy atom. The molecule has 4 rings (SSSR count). The number of nitrogens with zero attached hydrogens (tertiary/aromatic N) is 4. The molecule has 2 aliphatic rings. The topological polar surface area (TPSA) is 121 Å². The fourth-order valence-electron chi connectivity index (χ4n) is 3.19. The van der Waals surface area contributed by atoms with Crippen molar-refractivity contribution < 1.29 is 14.4 Å². The monoisotopic (exact) mass is 355 g/mol. The third-order valence-electron chi connectivity index (χ3n) is 4.46. The van der Waals surface area contributed by atoms with Crippen molar-refractivity contribution in [1.29, 1.82) is 0 Å². The average Bonchev–Trinajstić information content (AvgIpc) is 3.22. The van der Waals surface area contributed by atoms with Gasteiger partial charge in [-0.25, -0.2) is 9.78 Å². The molecule has 3 N–H and O–H groups in total. The van der Waals surface area contributed by atoms with Crippen molar-refractivity contribution in [3.8, 4) is 0 Å². The smallest absolute Gasteiger partial charge is 0.327 e. The number of urea groups is 1. The summed E-state index contributed by atoms with van der Waals surface area (Å²) in [4.78, 5) is 46.6. The lowest BCUT2D eigenvalue weighted by atomic mass is 10.3. The molecule has 134 valence electrons. The van der Waals surface area contributed by atoms with E-state index in [1.807, 2.05) is 6.07 Å². The Morgan fingerprint density at radius 2 is 2.19 bits per heavy atom. The van der Waals surface area contributed by atoms with Gasteiger partial charge < -0.3 is 15.2 Å². The van der Waals surface area contributed by atoms with Crippen LogP contribution in [0.15, 0.2) is 18.3 Å². The summed E-state index contributed by atoms with van der Waals surface area (Å²) < 4.78 is 1.52. The standard InChI is InChI=1S/C16H17N7O3/c1-17-15(25)14-20-13(11-7-19-12(24)8-23(11)14)21-16(26)22-6-4-9-10(22)3-2-5-18-9/h2-3,5H,4,6-8H2,1H3,(H,17,25)(H,19,24)(H,21,26). The van der Waals surface area contributed by atoms with Crippen LogP contribution in [0.4, 0.5) is 16.3 Å². The minimum absolute atomic E-state index is 0.0164. The van der Waals surface area contributed by atoms with Crippen LogP contribution >= 0.6 is 0 Å². The summed E-state index contributed by atoms with van der Waals surface area (Å²) in [7, 11) is 1.49. The fourth-order valence-corrected chi connectivity index (χ4v) is 3.19. The molecule has 2 aromatic rings. The van der Waals surface area contributed by atoms with Crippen LogP contribution in [0.2, 0.25) is 0 Å². The first-order valence-electron chi connectivity index (χ1n) is 8.19. The summed E-state index contributed by atoms with van der Waals surface area (Å²) in [6, 6.07) is 3.27. The van der Waals surface area contributed by atoms with Crippen molar-refractivity contribution in [3.63, 3.8) is 0 Å². The summed E-state index contributed by atoms with van der Waals surface area (Å²) in [5.41, 5.74) is 2.22. The van der Waals surface area contributed by atoms with Crippen molar-refractivity contribution in [3.05, 3.63) is 35.5 Å². The van der Waals surface area contributed by atoms with Crippen molar-refractivity contribution in [2.45, 2.75) is 19.5 Å². The van der Waals surface area contributed by atoms with E-state index in [9.17, 15) is 14.4 Å². The highest BCUT2D eigenvalue weighted by atomic mass is 16.2. The van der Waals surface area contributed by atoms with Crippen LogP contribution in [0.3, 0.4) is 0 Å². The predicted molar refractivity (Wildman–Crippen MR) is 91.8 cm³/mol. The van der Waals surface area contributed by atoms with Gasteiger partial charge >= 0.3 is 6.03 Å². The van der Waals surface area contributed by atoms with Gasteiger partial charge in [-0.05, 0) is 12.1 Å². The third kappa shape index (κ3) is 2.55. The van der Waals surface area contributed by atoms with Gasteiger partial charge in [0.25, 0.3) is 5.91 Å². The zero-order chi connectivity index (χ0) is 18.3. The van der Waals surface area contributed by atoms with Gasteiger partial charge in [0.15, 0.2) is 5.82 Å². The SMILES string of the molecule is CNC(=O)c1nc(NC(=O)N2CCc3ncccc32)c2n1CC(=O)NC2. The Balaban J connectivity index is 1.64. The number of carbonyl (C=O) groups excluding carboxylic acids is 3. The average molecular weight is 355 g/mol. The highest BCUT2D eigenvalue weighted by molar-refractivity contribution is 6.03. The van der Waals surface area contributed by atoms with Crippen LogP contribution in [0, 0.1) is 0 Å². The molecule has 4 heterocycles. The fraction of sp³-hybridized carbons (Fsp3) is 0.312. The van der Waals surface area contributed by atoms with Gasteiger partial charge in [0.2, 0.25) is 11.7 Å². The van der Waals surface area contributed by atoms with Gasteiger partial charge in [-0.1, -0.05) is 0 Å². The number of amides is 4. The lowest BCUT2D eigenvalue weighted by Crippen LogP contribution is -2.37. The molecule has 0 unspecified atom stereocenters. The van der Waals surface area contributed by atoms with E-state index in [-0.39, 0.29) is 36.7 Å². The molecule has 0 radical (unpaired) electrons. The van der Waals surface area contributed by atoms with E-state index in [2.05, 4.69) is 25.9 Å². The van der Waals surface area contributed by atoms with Crippen LogP contribution in [0.1, 0.15) is 22.0 Å². The molecule has 0 atom stereocenters. The summed E-state index contributed by atoms with van der Waals surface area (Å²) in [6.45, 7) is 0.696. The molecule has 0 aromatic carbocycles. The molecule has 0 aliphatic carbocycles. The molecular weight excluding hydrogens is 338 g/mol. The van der Waals surface area contributed by atoms with Crippen LogP contribution in [0.25, 0.3) is 0 Å². The van der Waals surface area contributed by atoms with Crippen LogP contribution < -0.4 is 20.9 Å². The summed E-state index contributed by atoms with van der Waals surface area (Å²) in [6.07, 6.45) is 2.38. The van der Waals surface area contributed by atoms with Gasteiger partial charge in [-0.15, -0.1) is 0 Å². The van der Waals surface area contributed by atoms with Crippen molar-refractivity contribution in [1.82, 2.24) is 25.2 Å². The molecule has 10 heteroatoms. The maximum absolute atomic E-state index is 12.7. The number of rotatable bonds is 2. The largest absolute Gasteiger partial charge is 0.352 e. The summed E-state index contributed by atoms with van der Waals surface area (Å²) >= 11 is 0. The Bertz CT molecular complexity index is 921. The van der Waals surface area contributed by atoms with E-state index in [4.69, 9.17) is 0 Å². The van der Waals surface area contributed by atoms with Gasteiger partial charge in [0.1, 0.15) is 6.54 Å². The van der Waals surface area contributed by atoms with Crippen molar-refractivity contribution in [2.75, 3.05) is 23.8 Å². The third-order valence-corrected chi connectivity index (χ3v) is 4.46. The number of nitrogens with one attached hydrogen (secondary N) is 3. The lowest BCUT2D eigenvalue weighted by Gasteiger charge is -2.19.